The van der Waals surface area contributed by atoms with Crippen molar-refractivity contribution in [3.8, 4) is 0 Å². The van der Waals surface area contributed by atoms with E-state index in [2.05, 4.69) is 6.08 Å². The number of ketones is 1. The molecule has 1 aliphatic heterocycles. The van der Waals surface area contributed by atoms with E-state index >= 15 is 0 Å². The van der Waals surface area contributed by atoms with Crippen molar-refractivity contribution >= 4 is 11.8 Å². The number of fused-ring (bicyclic) bond motifs is 1. The molecule has 0 fully saturated rings. The van der Waals surface area contributed by atoms with E-state index in [1.165, 1.54) is 0 Å². The average molecular weight is 278 g/mol. The summed E-state index contributed by atoms with van der Waals surface area (Å²) in [6.45, 7) is 5.71. The van der Waals surface area contributed by atoms with Gasteiger partial charge in [-0.15, -0.1) is 0 Å². The Labute approximate surface area is 119 Å². The fourth-order valence-corrected chi connectivity index (χ4v) is 2.98. The van der Waals surface area contributed by atoms with Gasteiger partial charge < -0.3 is 9.47 Å². The van der Waals surface area contributed by atoms with Crippen molar-refractivity contribution in [2.24, 2.45) is 5.92 Å². The third-order valence-corrected chi connectivity index (χ3v) is 4.03. The summed E-state index contributed by atoms with van der Waals surface area (Å²) in [5.74, 6) is -0.108. The quantitative estimate of drug-likeness (QED) is 0.546. The number of ether oxygens (including phenoxy) is 2. The fourth-order valence-electron chi connectivity index (χ4n) is 2.98. The van der Waals surface area contributed by atoms with Crippen LogP contribution in [0.25, 0.3) is 0 Å². The molecule has 4 heteroatoms. The van der Waals surface area contributed by atoms with Gasteiger partial charge in [-0.3, -0.25) is 4.79 Å². The molecule has 0 radical (unpaired) electrons. The predicted octanol–water partition coefficient (Wildman–Crippen LogP) is 2.58. The van der Waals surface area contributed by atoms with Crippen LogP contribution >= 0.6 is 0 Å². The first kappa shape index (κ1) is 15.0. The maximum absolute atomic E-state index is 12.4. The van der Waals surface area contributed by atoms with E-state index in [-0.39, 0.29) is 23.8 Å². The third-order valence-electron chi connectivity index (χ3n) is 4.03. The number of Topliss-reactive ketones (excluding diaryl/α,β-unsaturated/α-hetero) is 1. The van der Waals surface area contributed by atoms with Gasteiger partial charge in [-0.2, -0.15) is 0 Å². The number of hydrogen-bond acceptors (Lipinski definition) is 4. The summed E-state index contributed by atoms with van der Waals surface area (Å²) in [6.07, 6.45) is 3.48. The summed E-state index contributed by atoms with van der Waals surface area (Å²) in [5.41, 5.74) is 2.14. The molecule has 0 aromatic heterocycles. The summed E-state index contributed by atoms with van der Waals surface area (Å²) >= 11 is 0. The first-order valence-corrected chi connectivity index (χ1v) is 7.07. The third kappa shape index (κ3) is 3.01. The number of rotatable bonds is 1. The van der Waals surface area contributed by atoms with Crippen LogP contribution in [-0.2, 0) is 19.1 Å². The second-order valence-electron chi connectivity index (χ2n) is 5.89. The smallest absolute Gasteiger partial charge is 0.334 e. The normalized spacial score (nSPS) is 34.4. The van der Waals surface area contributed by atoms with E-state index in [1.807, 2.05) is 13.8 Å². The van der Waals surface area contributed by atoms with Crippen molar-refractivity contribution < 1.29 is 19.1 Å². The van der Waals surface area contributed by atoms with E-state index in [4.69, 9.17) is 9.47 Å². The fraction of sp³-hybridized carbons (Fsp3) is 0.625. The zero-order valence-electron chi connectivity index (χ0n) is 12.6. The Morgan fingerprint density at radius 2 is 1.95 bits per heavy atom. The number of methoxy groups -OCH3 is 1. The highest BCUT2D eigenvalue weighted by atomic mass is 16.5. The predicted molar refractivity (Wildman–Crippen MR) is 75.2 cm³/mol. The highest BCUT2D eigenvalue weighted by molar-refractivity contribution is 6.07. The lowest BCUT2D eigenvalue weighted by atomic mass is 9.87. The van der Waals surface area contributed by atoms with E-state index in [0.717, 1.165) is 12.0 Å². The van der Waals surface area contributed by atoms with Crippen LogP contribution in [0, 0.1) is 5.92 Å². The molecule has 1 heterocycles. The molecule has 0 saturated heterocycles. The number of carbonyl (C=O) groups is 2. The standard InChI is InChI=1S/C16H22O4/c1-9-5-12(19-4)6-10(2)8-14-15(13(17)7-9)11(3)16(18)20-14/h6,9,12,14H,5,7-8H2,1-4H3/b10-6+/t9-,12-,14-/m0/s1. The number of esters is 1. The molecule has 4 nitrogen and oxygen atoms in total. The summed E-state index contributed by atoms with van der Waals surface area (Å²) < 4.78 is 10.8. The molecule has 2 rings (SSSR count). The lowest BCUT2D eigenvalue weighted by Gasteiger charge is -2.22. The van der Waals surface area contributed by atoms with Gasteiger partial charge in [-0.25, -0.2) is 4.79 Å². The number of carbonyl (C=O) groups excluding carboxylic acids is 2. The summed E-state index contributed by atoms with van der Waals surface area (Å²) in [6, 6.07) is 0. The molecule has 0 saturated carbocycles. The maximum Gasteiger partial charge on any atom is 0.334 e. The molecular formula is C16H22O4. The van der Waals surface area contributed by atoms with Crippen molar-refractivity contribution in [3.05, 3.63) is 22.8 Å². The Kier molecular flexibility index (Phi) is 4.43. The van der Waals surface area contributed by atoms with Crippen molar-refractivity contribution in [1.29, 1.82) is 0 Å². The minimum absolute atomic E-state index is 0.0153. The van der Waals surface area contributed by atoms with Crippen LogP contribution in [0.1, 0.15) is 40.0 Å². The monoisotopic (exact) mass is 278 g/mol. The van der Waals surface area contributed by atoms with E-state index < -0.39 is 6.10 Å². The Morgan fingerprint density at radius 3 is 2.60 bits per heavy atom. The second kappa shape index (κ2) is 5.92. The molecule has 2 aliphatic rings. The molecule has 0 spiro atoms. The molecular weight excluding hydrogens is 256 g/mol. The van der Waals surface area contributed by atoms with Gasteiger partial charge in [0.1, 0.15) is 6.10 Å². The van der Waals surface area contributed by atoms with Crippen molar-refractivity contribution in [1.82, 2.24) is 0 Å². The lowest BCUT2D eigenvalue weighted by Crippen LogP contribution is -2.23. The Balaban J connectivity index is 2.36. The SMILES string of the molecule is CO[C@@H]1/C=C(\C)C[C@@H]2OC(=O)C(C)=C2C(=O)C[C@@H](C)C1. The van der Waals surface area contributed by atoms with Gasteiger partial charge in [-0.05, 0) is 26.2 Å². The van der Waals surface area contributed by atoms with E-state index in [1.54, 1.807) is 14.0 Å². The molecule has 0 amide bonds. The molecule has 0 bridgehead atoms. The van der Waals surface area contributed by atoms with Gasteiger partial charge in [0, 0.05) is 31.1 Å². The Hall–Kier alpha value is -1.42. The second-order valence-corrected chi connectivity index (χ2v) is 5.89. The van der Waals surface area contributed by atoms with Crippen molar-refractivity contribution in [2.75, 3.05) is 7.11 Å². The lowest BCUT2D eigenvalue weighted by molar-refractivity contribution is -0.139. The summed E-state index contributed by atoms with van der Waals surface area (Å²) in [4.78, 5) is 24.1. The maximum atomic E-state index is 12.4. The molecule has 0 aromatic carbocycles. The Bertz CT molecular complexity index is 487. The summed E-state index contributed by atoms with van der Waals surface area (Å²) in [7, 11) is 1.68. The molecule has 3 atom stereocenters. The van der Waals surface area contributed by atoms with Crippen LogP contribution < -0.4 is 0 Å². The highest BCUT2D eigenvalue weighted by Crippen LogP contribution is 2.31. The summed E-state index contributed by atoms with van der Waals surface area (Å²) in [5, 5.41) is 0. The molecule has 0 aromatic rings. The molecule has 1 aliphatic carbocycles. The zero-order valence-corrected chi connectivity index (χ0v) is 12.6. The molecule has 0 unspecified atom stereocenters. The van der Waals surface area contributed by atoms with Gasteiger partial charge in [0.15, 0.2) is 5.78 Å². The van der Waals surface area contributed by atoms with Gasteiger partial charge in [0.05, 0.1) is 6.10 Å². The van der Waals surface area contributed by atoms with Crippen LogP contribution in [0.2, 0.25) is 0 Å². The van der Waals surface area contributed by atoms with Gasteiger partial charge in [0.25, 0.3) is 0 Å². The van der Waals surface area contributed by atoms with Crippen LogP contribution in [-0.4, -0.2) is 31.1 Å². The van der Waals surface area contributed by atoms with Gasteiger partial charge >= 0.3 is 5.97 Å². The van der Waals surface area contributed by atoms with Crippen LogP contribution in [0.15, 0.2) is 22.8 Å². The topological polar surface area (TPSA) is 52.6 Å². The average Bonchev–Trinajstić information content (AvgIpc) is 2.62. The van der Waals surface area contributed by atoms with E-state index in [0.29, 0.717) is 24.0 Å². The molecule has 0 N–H and O–H groups in total. The number of hydrogen-bond donors (Lipinski definition) is 0. The Morgan fingerprint density at radius 1 is 1.25 bits per heavy atom. The van der Waals surface area contributed by atoms with Crippen molar-refractivity contribution in [2.45, 2.75) is 52.2 Å². The van der Waals surface area contributed by atoms with Crippen LogP contribution in [0.5, 0.6) is 0 Å². The largest absolute Gasteiger partial charge is 0.454 e. The van der Waals surface area contributed by atoms with Gasteiger partial charge in [-0.1, -0.05) is 18.6 Å². The molecule has 20 heavy (non-hydrogen) atoms. The van der Waals surface area contributed by atoms with Gasteiger partial charge in [0.2, 0.25) is 0 Å². The van der Waals surface area contributed by atoms with E-state index in [9.17, 15) is 9.59 Å². The zero-order chi connectivity index (χ0) is 14.9. The highest BCUT2D eigenvalue weighted by Gasteiger charge is 2.36. The first-order chi connectivity index (χ1) is 9.42. The van der Waals surface area contributed by atoms with Crippen molar-refractivity contribution in [3.63, 3.8) is 0 Å². The first-order valence-electron chi connectivity index (χ1n) is 7.07. The van der Waals surface area contributed by atoms with Crippen LogP contribution in [0.3, 0.4) is 0 Å². The van der Waals surface area contributed by atoms with Crippen LogP contribution in [0.4, 0.5) is 0 Å². The minimum atomic E-state index is -0.422. The molecule has 110 valence electrons. The minimum Gasteiger partial charge on any atom is -0.454 e.